The van der Waals surface area contributed by atoms with Crippen LogP contribution in [0.15, 0.2) is 103 Å². The van der Waals surface area contributed by atoms with Crippen LogP contribution in [0.1, 0.15) is 0 Å². The van der Waals surface area contributed by atoms with Crippen LogP contribution in [0.3, 0.4) is 0 Å². The van der Waals surface area contributed by atoms with Gasteiger partial charge in [0.05, 0.1) is 0 Å². The zero-order valence-electron chi connectivity index (χ0n) is 13.7. The van der Waals surface area contributed by atoms with E-state index in [0.29, 0.717) is 0 Å². The first-order valence-corrected chi connectivity index (χ1v) is 9.39. The highest BCUT2D eigenvalue weighted by atomic mass is 127. The predicted octanol–water partition coefficient (Wildman–Crippen LogP) is 7.29. The number of hydrogen-bond donors (Lipinski definition) is 0. The minimum absolute atomic E-state index is 1.24. The molecule has 0 fully saturated rings. The number of halogens is 1. The fraction of sp³-hybridized carbons (Fsp3) is 0. The molecule has 1 heteroatoms. The summed E-state index contributed by atoms with van der Waals surface area (Å²) in [5.74, 6) is 0. The molecule has 0 N–H and O–H groups in total. The van der Waals surface area contributed by atoms with Crippen molar-refractivity contribution in [1.29, 1.82) is 0 Å². The van der Waals surface area contributed by atoms with Crippen LogP contribution in [0.4, 0.5) is 0 Å². The van der Waals surface area contributed by atoms with Crippen molar-refractivity contribution in [3.8, 4) is 33.4 Å². The maximum absolute atomic E-state index is 2.35. The summed E-state index contributed by atoms with van der Waals surface area (Å²) in [6.45, 7) is 0. The van der Waals surface area contributed by atoms with Crippen molar-refractivity contribution in [3.05, 3.63) is 107 Å². The topological polar surface area (TPSA) is 0 Å². The van der Waals surface area contributed by atoms with Crippen LogP contribution in [-0.2, 0) is 0 Å². The second-order valence-electron chi connectivity index (χ2n) is 6.04. The average Bonchev–Trinajstić information content (AvgIpc) is 2.69. The summed E-state index contributed by atoms with van der Waals surface area (Å²) in [5, 5.41) is 0. The summed E-state index contributed by atoms with van der Waals surface area (Å²) >= 11 is 2.35. The van der Waals surface area contributed by atoms with E-state index in [0.717, 1.165) is 0 Å². The molecule has 0 aliphatic heterocycles. The second-order valence-corrected chi connectivity index (χ2v) is 7.28. The fourth-order valence-electron chi connectivity index (χ4n) is 3.03. The van der Waals surface area contributed by atoms with Crippen LogP contribution in [0.5, 0.6) is 0 Å². The molecule has 0 bridgehead atoms. The zero-order chi connectivity index (χ0) is 17.1. The maximum Gasteiger partial charge on any atom is 0.0130 e. The summed E-state index contributed by atoms with van der Waals surface area (Å²) in [5.41, 5.74) is 7.47. The van der Waals surface area contributed by atoms with Gasteiger partial charge in [-0.2, -0.15) is 0 Å². The van der Waals surface area contributed by atoms with Crippen LogP contribution in [-0.4, -0.2) is 0 Å². The molecule has 0 nitrogen and oxygen atoms in total. The zero-order valence-corrected chi connectivity index (χ0v) is 15.9. The molecule has 25 heavy (non-hydrogen) atoms. The lowest BCUT2D eigenvalue weighted by Crippen LogP contribution is -1.86. The van der Waals surface area contributed by atoms with Gasteiger partial charge < -0.3 is 0 Å². The van der Waals surface area contributed by atoms with Crippen LogP contribution in [0, 0.1) is 3.57 Å². The number of rotatable bonds is 3. The van der Waals surface area contributed by atoms with E-state index < -0.39 is 0 Å². The van der Waals surface area contributed by atoms with E-state index in [4.69, 9.17) is 0 Å². The number of hydrogen-bond acceptors (Lipinski definition) is 0. The fourth-order valence-corrected chi connectivity index (χ4v) is 3.39. The van der Waals surface area contributed by atoms with Gasteiger partial charge in [-0.25, -0.2) is 0 Å². The van der Waals surface area contributed by atoms with E-state index >= 15 is 0 Å². The molecule has 4 aromatic carbocycles. The van der Waals surface area contributed by atoms with Crippen molar-refractivity contribution in [3.63, 3.8) is 0 Å². The van der Waals surface area contributed by atoms with Gasteiger partial charge in [0.1, 0.15) is 0 Å². The van der Waals surface area contributed by atoms with Crippen LogP contribution in [0.25, 0.3) is 33.4 Å². The molecular weight excluding hydrogens is 415 g/mol. The van der Waals surface area contributed by atoms with Gasteiger partial charge in [0.15, 0.2) is 0 Å². The summed E-state index contributed by atoms with van der Waals surface area (Å²) in [4.78, 5) is 0. The minimum Gasteiger partial charge on any atom is -0.0622 e. The maximum atomic E-state index is 2.35. The van der Waals surface area contributed by atoms with E-state index in [9.17, 15) is 0 Å². The van der Waals surface area contributed by atoms with Gasteiger partial charge in [-0.15, -0.1) is 0 Å². The molecule has 0 saturated carbocycles. The molecule has 0 spiro atoms. The molecule has 4 rings (SSSR count). The Balaban J connectivity index is 1.90. The molecule has 0 aliphatic rings. The van der Waals surface area contributed by atoms with E-state index in [-0.39, 0.29) is 0 Å². The molecule has 0 saturated heterocycles. The highest BCUT2D eigenvalue weighted by molar-refractivity contribution is 14.1. The Labute approximate surface area is 162 Å². The van der Waals surface area contributed by atoms with Gasteiger partial charge in [0.2, 0.25) is 0 Å². The minimum atomic E-state index is 1.24. The normalized spacial score (nSPS) is 10.6. The Kier molecular flexibility index (Phi) is 4.66. The van der Waals surface area contributed by atoms with Gasteiger partial charge in [0, 0.05) is 3.57 Å². The number of benzene rings is 4. The van der Waals surface area contributed by atoms with Crippen molar-refractivity contribution in [1.82, 2.24) is 0 Å². The Bertz CT molecular complexity index is 914. The summed E-state index contributed by atoms with van der Waals surface area (Å²) in [6.07, 6.45) is 0. The van der Waals surface area contributed by atoms with Crippen molar-refractivity contribution in [2.45, 2.75) is 0 Å². The lowest BCUT2D eigenvalue weighted by Gasteiger charge is -2.11. The van der Waals surface area contributed by atoms with E-state index in [2.05, 4.69) is 126 Å². The average molecular weight is 432 g/mol. The Morgan fingerprint density at radius 3 is 1.12 bits per heavy atom. The summed E-state index contributed by atoms with van der Waals surface area (Å²) in [7, 11) is 0. The molecule has 0 aliphatic carbocycles. The molecule has 0 unspecified atom stereocenters. The van der Waals surface area contributed by atoms with Gasteiger partial charge in [-0.05, 0) is 86.3 Å². The third-order valence-electron chi connectivity index (χ3n) is 4.32. The molecule has 0 heterocycles. The van der Waals surface area contributed by atoms with Crippen molar-refractivity contribution in [2.24, 2.45) is 0 Å². The van der Waals surface area contributed by atoms with Gasteiger partial charge >= 0.3 is 0 Å². The molecule has 0 radical (unpaired) electrons. The van der Waals surface area contributed by atoms with E-state index in [1.807, 2.05) is 0 Å². The Hall–Kier alpha value is -2.39. The molecule has 4 aromatic rings. The first-order chi connectivity index (χ1) is 12.3. The summed E-state index contributed by atoms with van der Waals surface area (Å²) in [6, 6.07) is 36.7. The van der Waals surface area contributed by atoms with Gasteiger partial charge in [0.25, 0.3) is 0 Å². The predicted molar refractivity (Wildman–Crippen MR) is 115 cm³/mol. The second kappa shape index (κ2) is 7.24. The summed E-state index contributed by atoms with van der Waals surface area (Å²) < 4.78 is 1.25. The lowest BCUT2D eigenvalue weighted by atomic mass is 9.93. The highest BCUT2D eigenvalue weighted by Gasteiger charge is 2.07. The van der Waals surface area contributed by atoms with Gasteiger partial charge in [-0.3, -0.25) is 0 Å². The largest absolute Gasteiger partial charge is 0.0622 e. The molecular formula is C24H17I. The van der Waals surface area contributed by atoms with Crippen molar-refractivity contribution >= 4 is 22.6 Å². The molecule has 0 aromatic heterocycles. The highest BCUT2D eigenvalue weighted by Crippen LogP contribution is 2.32. The monoisotopic (exact) mass is 432 g/mol. The van der Waals surface area contributed by atoms with Gasteiger partial charge in [-0.1, -0.05) is 72.8 Å². The third kappa shape index (κ3) is 3.67. The molecule has 0 atom stereocenters. The smallest absolute Gasteiger partial charge is 0.0130 e. The van der Waals surface area contributed by atoms with Crippen molar-refractivity contribution in [2.75, 3.05) is 0 Å². The Morgan fingerprint density at radius 2 is 0.720 bits per heavy atom. The van der Waals surface area contributed by atoms with Crippen LogP contribution >= 0.6 is 22.6 Å². The van der Waals surface area contributed by atoms with E-state index in [1.165, 1.54) is 37.0 Å². The first-order valence-electron chi connectivity index (χ1n) is 8.31. The van der Waals surface area contributed by atoms with E-state index in [1.54, 1.807) is 0 Å². The molecule has 120 valence electrons. The Morgan fingerprint density at radius 1 is 0.360 bits per heavy atom. The van der Waals surface area contributed by atoms with Crippen LogP contribution in [0.2, 0.25) is 0 Å². The SMILES string of the molecule is Ic1ccc(-c2cc(-c3ccccc3)cc(-c3ccccc3)c2)cc1. The molecule has 0 amide bonds. The quantitative estimate of drug-likeness (QED) is 0.298. The lowest BCUT2D eigenvalue weighted by molar-refractivity contribution is 1.56. The van der Waals surface area contributed by atoms with Crippen LogP contribution < -0.4 is 0 Å². The first kappa shape index (κ1) is 16.1. The third-order valence-corrected chi connectivity index (χ3v) is 5.04. The standard InChI is InChI=1S/C24H17I/c25-24-13-11-20(12-14-24)23-16-21(18-7-3-1-4-8-18)15-22(17-23)19-9-5-2-6-10-19/h1-17H. The van der Waals surface area contributed by atoms with Crippen molar-refractivity contribution < 1.29 is 0 Å².